The van der Waals surface area contributed by atoms with Crippen LogP contribution in [0.15, 0.2) is 36.4 Å². The van der Waals surface area contributed by atoms with Crippen molar-refractivity contribution in [1.29, 1.82) is 0 Å². The predicted molar refractivity (Wildman–Crippen MR) is 191 cm³/mol. The molecule has 0 aliphatic rings. The van der Waals surface area contributed by atoms with Gasteiger partial charge in [-0.1, -0.05) is 129 Å². The number of nitrogens with two attached hydrogens (primary N) is 1. The first-order chi connectivity index (χ1) is 24.1. The van der Waals surface area contributed by atoms with Crippen molar-refractivity contribution in [3.63, 3.8) is 0 Å². The lowest BCUT2D eigenvalue weighted by atomic mass is 10.1. The number of alkyl halides is 3. The van der Waals surface area contributed by atoms with E-state index in [4.69, 9.17) is 19.9 Å². The Morgan fingerprint density at radius 2 is 0.960 bits per heavy atom. The largest absolute Gasteiger partial charge is 0.462 e. The average molecular weight is 706 g/mol. The van der Waals surface area contributed by atoms with E-state index in [0.717, 1.165) is 50.7 Å². The molecule has 2 aromatic rings. The first kappa shape index (κ1) is 42.6. The van der Waals surface area contributed by atoms with E-state index in [9.17, 15) is 27.6 Å². The molecule has 0 aliphatic carbocycles. The molecule has 0 aliphatic heterocycles. The lowest BCUT2D eigenvalue weighted by Gasteiger charge is -2.14. The third kappa shape index (κ3) is 17.4. The van der Waals surface area contributed by atoms with Gasteiger partial charge >= 0.3 is 18.1 Å². The predicted octanol–water partition coefficient (Wildman–Crippen LogP) is 11.8. The second-order valence-electron chi connectivity index (χ2n) is 13.1. The fourth-order valence-corrected chi connectivity index (χ4v) is 5.74. The highest BCUT2D eigenvalue weighted by molar-refractivity contribution is 5.96. The van der Waals surface area contributed by atoms with E-state index in [1.807, 2.05) is 0 Å². The molecule has 2 aromatic carbocycles. The summed E-state index contributed by atoms with van der Waals surface area (Å²) in [6.07, 6.45) is 17.8. The zero-order valence-corrected chi connectivity index (χ0v) is 30.2. The Morgan fingerprint density at radius 1 is 0.560 bits per heavy atom. The maximum atomic E-state index is 13.7. The first-order valence-electron chi connectivity index (χ1n) is 18.7. The standard InChI is InChI=1S/C40H58F3NO6/c1-3-5-7-9-11-13-15-17-19-21-25-48-38(46)31-27-32(39(47)49-26-22-20-18-16-14-12-10-8-6-4-2)29-34(28-31)50-33-23-24-35(37(44)45)36(30-33)40(41,42)43/h23-24,27-30H,3-22,25-26H2,1-2H3,(H2,44,45). The van der Waals surface area contributed by atoms with Gasteiger partial charge in [0, 0.05) is 0 Å². The molecule has 0 bridgehead atoms. The monoisotopic (exact) mass is 705 g/mol. The molecule has 0 spiro atoms. The third-order valence-electron chi connectivity index (χ3n) is 8.64. The number of primary amides is 1. The van der Waals surface area contributed by atoms with E-state index in [1.165, 1.54) is 95.2 Å². The molecule has 0 unspecified atom stereocenters. The molecular weight excluding hydrogens is 647 g/mol. The van der Waals surface area contributed by atoms with Crippen molar-refractivity contribution in [3.05, 3.63) is 58.7 Å². The Morgan fingerprint density at radius 3 is 1.34 bits per heavy atom. The fourth-order valence-electron chi connectivity index (χ4n) is 5.74. The highest BCUT2D eigenvalue weighted by Crippen LogP contribution is 2.36. The van der Waals surface area contributed by atoms with E-state index in [0.29, 0.717) is 18.9 Å². The second kappa shape index (κ2) is 24.6. The molecule has 0 atom stereocenters. The normalized spacial score (nSPS) is 11.4. The number of unbranched alkanes of at least 4 members (excludes halogenated alkanes) is 18. The van der Waals surface area contributed by atoms with Crippen molar-refractivity contribution in [1.82, 2.24) is 0 Å². The van der Waals surface area contributed by atoms with Gasteiger partial charge in [-0.15, -0.1) is 0 Å². The van der Waals surface area contributed by atoms with Gasteiger partial charge in [-0.25, -0.2) is 9.59 Å². The van der Waals surface area contributed by atoms with Crippen LogP contribution in [0.5, 0.6) is 11.5 Å². The van der Waals surface area contributed by atoms with Gasteiger partial charge in [0.1, 0.15) is 11.5 Å². The second-order valence-corrected chi connectivity index (χ2v) is 13.1. The molecule has 280 valence electrons. The summed E-state index contributed by atoms with van der Waals surface area (Å²) in [5, 5.41) is 0. The summed E-state index contributed by atoms with van der Waals surface area (Å²) in [4.78, 5) is 37.6. The number of benzene rings is 2. The van der Waals surface area contributed by atoms with E-state index in [-0.39, 0.29) is 35.8 Å². The quantitative estimate of drug-likeness (QED) is 0.0733. The van der Waals surface area contributed by atoms with Gasteiger partial charge in [-0.2, -0.15) is 13.2 Å². The number of carbonyl (C=O) groups is 3. The van der Waals surface area contributed by atoms with E-state index in [2.05, 4.69) is 13.8 Å². The maximum absolute atomic E-state index is 13.7. The molecular formula is C40H58F3NO6. The molecule has 2 N–H and O–H groups in total. The van der Waals surface area contributed by atoms with Crippen LogP contribution in [-0.2, 0) is 15.7 Å². The summed E-state index contributed by atoms with van der Waals surface area (Å²) < 4.78 is 57.6. The van der Waals surface area contributed by atoms with E-state index >= 15 is 0 Å². The molecule has 0 heterocycles. The van der Waals surface area contributed by atoms with Crippen molar-refractivity contribution in [3.8, 4) is 11.5 Å². The van der Waals surface area contributed by atoms with Crippen LogP contribution in [0.3, 0.4) is 0 Å². The minimum atomic E-state index is -4.87. The lowest BCUT2D eigenvalue weighted by molar-refractivity contribution is -0.138. The average Bonchev–Trinajstić information content (AvgIpc) is 3.08. The van der Waals surface area contributed by atoms with Gasteiger partial charge in [0.2, 0.25) is 5.91 Å². The number of carbonyl (C=O) groups excluding carboxylic acids is 3. The Hall–Kier alpha value is -3.56. The number of amides is 1. The fraction of sp³-hybridized carbons (Fsp3) is 0.625. The van der Waals surface area contributed by atoms with Crippen LogP contribution in [-0.4, -0.2) is 31.1 Å². The smallest absolute Gasteiger partial charge is 0.417 e. The van der Waals surface area contributed by atoms with Crippen molar-refractivity contribution in [2.45, 2.75) is 148 Å². The van der Waals surface area contributed by atoms with Crippen molar-refractivity contribution in [2.75, 3.05) is 13.2 Å². The molecule has 0 fully saturated rings. The first-order valence-corrected chi connectivity index (χ1v) is 18.7. The van der Waals surface area contributed by atoms with Crippen LogP contribution in [0.2, 0.25) is 0 Å². The topological polar surface area (TPSA) is 105 Å². The molecule has 0 radical (unpaired) electrons. The van der Waals surface area contributed by atoms with Crippen molar-refractivity contribution < 1.29 is 41.8 Å². The number of ether oxygens (including phenoxy) is 3. The Kier molecular flexibility index (Phi) is 20.9. The summed E-state index contributed by atoms with van der Waals surface area (Å²) >= 11 is 0. The SMILES string of the molecule is CCCCCCCCCCCCOC(=O)c1cc(Oc2ccc(C(N)=O)c(C(F)(F)F)c2)cc(C(=O)OCCCCCCCCCCCC)c1. The van der Waals surface area contributed by atoms with Crippen molar-refractivity contribution in [2.24, 2.45) is 5.73 Å². The summed E-state index contributed by atoms with van der Waals surface area (Å²) in [6, 6.07) is 6.68. The molecule has 2 rings (SSSR count). The minimum absolute atomic E-state index is 0.00488. The van der Waals surface area contributed by atoms with Gasteiger partial charge in [0.05, 0.1) is 35.5 Å². The minimum Gasteiger partial charge on any atom is -0.462 e. The number of hydrogen-bond acceptors (Lipinski definition) is 6. The molecule has 0 saturated heterocycles. The third-order valence-corrected chi connectivity index (χ3v) is 8.64. The zero-order valence-electron chi connectivity index (χ0n) is 30.2. The van der Waals surface area contributed by atoms with E-state index in [1.54, 1.807) is 0 Å². The molecule has 7 nitrogen and oxygen atoms in total. The van der Waals surface area contributed by atoms with Crippen molar-refractivity contribution >= 4 is 17.8 Å². The molecule has 0 aromatic heterocycles. The van der Waals surface area contributed by atoms with Crippen LogP contribution in [0.1, 0.15) is 179 Å². The number of halogens is 3. The van der Waals surface area contributed by atoms with Crippen LogP contribution in [0.4, 0.5) is 13.2 Å². The summed E-state index contributed by atoms with van der Waals surface area (Å²) in [5.74, 6) is -2.93. The Bertz CT molecular complexity index is 1240. The van der Waals surface area contributed by atoms with Gasteiger partial charge in [-0.3, -0.25) is 4.79 Å². The van der Waals surface area contributed by atoms with Crippen LogP contribution >= 0.6 is 0 Å². The molecule has 50 heavy (non-hydrogen) atoms. The molecule has 1 amide bonds. The highest BCUT2D eigenvalue weighted by atomic mass is 19.4. The Labute approximate surface area is 296 Å². The highest BCUT2D eigenvalue weighted by Gasteiger charge is 2.35. The van der Waals surface area contributed by atoms with Crippen LogP contribution in [0, 0.1) is 0 Å². The molecule has 10 heteroatoms. The number of rotatable bonds is 27. The molecule has 0 saturated carbocycles. The van der Waals surface area contributed by atoms with Gasteiger partial charge in [-0.05, 0) is 49.2 Å². The van der Waals surface area contributed by atoms with Gasteiger partial charge < -0.3 is 19.9 Å². The number of esters is 2. The zero-order chi connectivity index (χ0) is 36.6. The van der Waals surface area contributed by atoms with Gasteiger partial charge in [0.25, 0.3) is 0 Å². The van der Waals surface area contributed by atoms with E-state index < -0.39 is 35.1 Å². The van der Waals surface area contributed by atoms with Crippen LogP contribution < -0.4 is 10.5 Å². The lowest BCUT2D eigenvalue weighted by Crippen LogP contribution is -2.18. The van der Waals surface area contributed by atoms with Crippen LogP contribution in [0.25, 0.3) is 0 Å². The van der Waals surface area contributed by atoms with Gasteiger partial charge in [0.15, 0.2) is 0 Å². The summed E-state index contributed by atoms with van der Waals surface area (Å²) in [6.45, 7) is 4.80. The summed E-state index contributed by atoms with van der Waals surface area (Å²) in [7, 11) is 0. The Balaban J connectivity index is 2.02. The maximum Gasteiger partial charge on any atom is 0.417 e. The number of hydrogen-bond donors (Lipinski definition) is 1. The summed E-state index contributed by atoms with van der Waals surface area (Å²) in [5.41, 5.74) is 3.19.